The summed E-state index contributed by atoms with van der Waals surface area (Å²) in [5, 5.41) is 8.48. The van der Waals surface area contributed by atoms with Gasteiger partial charge in [-0.1, -0.05) is 0 Å². The van der Waals surface area contributed by atoms with Crippen LogP contribution in [0.1, 0.15) is 32.6 Å². The molecular weight excluding hydrogens is 244 g/mol. The van der Waals surface area contributed by atoms with E-state index in [1.165, 1.54) is 4.31 Å². The summed E-state index contributed by atoms with van der Waals surface area (Å²) < 4.78 is 25.4. The van der Waals surface area contributed by atoms with Crippen molar-refractivity contribution in [2.24, 2.45) is 5.73 Å². The van der Waals surface area contributed by atoms with Crippen molar-refractivity contribution in [3.63, 3.8) is 0 Å². The van der Waals surface area contributed by atoms with Crippen LogP contribution in [0, 0.1) is 0 Å². The molecule has 0 spiro atoms. The highest BCUT2D eigenvalue weighted by atomic mass is 32.2. The Morgan fingerprint density at radius 1 is 1.53 bits per heavy atom. The maximum atomic E-state index is 12.0. The Balaban J connectivity index is 2.54. The van der Waals surface area contributed by atoms with Crippen LogP contribution in [0.4, 0.5) is 0 Å². The molecule has 17 heavy (non-hydrogen) atoms. The largest absolute Gasteiger partial charge is 0.481 e. The number of hydrogen-bond donors (Lipinski definition) is 2. The normalized spacial score (nSPS) is 26.9. The molecule has 3 N–H and O–H groups in total. The number of rotatable bonds is 5. The van der Waals surface area contributed by atoms with E-state index in [1.54, 1.807) is 0 Å². The van der Waals surface area contributed by atoms with Crippen LogP contribution in [0.3, 0.4) is 0 Å². The molecule has 1 fully saturated rings. The van der Waals surface area contributed by atoms with E-state index < -0.39 is 16.0 Å². The highest BCUT2D eigenvalue weighted by Gasteiger charge is 2.31. The van der Waals surface area contributed by atoms with Crippen LogP contribution in [-0.4, -0.2) is 48.2 Å². The molecule has 1 aliphatic heterocycles. The third-order valence-corrected chi connectivity index (χ3v) is 5.07. The molecule has 0 radical (unpaired) electrons. The Kier molecular flexibility index (Phi) is 4.91. The van der Waals surface area contributed by atoms with Crippen LogP contribution in [-0.2, 0) is 14.8 Å². The van der Waals surface area contributed by atoms with Crippen molar-refractivity contribution in [2.45, 2.75) is 44.7 Å². The third-order valence-electron chi connectivity index (χ3n) is 3.01. The maximum absolute atomic E-state index is 12.0. The van der Waals surface area contributed by atoms with Crippen LogP contribution in [0.25, 0.3) is 0 Å². The summed E-state index contributed by atoms with van der Waals surface area (Å²) in [5.41, 5.74) is 5.77. The van der Waals surface area contributed by atoms with Gasteiger partial charge in [0.2, 0.25) is 10.0 Å². The van der Waals surface area contributed by atoms with Gasteiger partial charge in [-0.3, -0.25) is 4.79 Å². The van der Waals surface area contributed by atoms with Gasteiger partial charge in [0.15, 0.2) is 0 Å². The number of carbonyl (C=O) groups is 1. The number of piperidine rings is 1. The molecule has 0 aliphatic carbocycles. The summed E-state index contributed by atoms with van der Waals surface area (Å²) in [5.74, 6) is -1.06. The third kappa shape index (κ3) is 4.25. The lowest BCUT2D eigenvalue weighted by molar-refractivity contribution is -0.137. The predicted molar refractivity (Wildman–Crippen MR) is 64.0 cm³/mol. The monoisotopic (exact) mass is 264 g/mol. The fourth-order valence-corrected chi connectivity index (χ4v) is 3.88. The molecule has 0 aromatic heterocycles. The highest BCUT2D eigenvalue weighted by molar-refractivity contribution is 7.89. The average Bonchev–Trinajstić information content (AvgIpc) is 2.15. The zero-order chi connectivity index (χ0) is 13.1. The van der Waals surface area contributed by atoms with E-state index in [4.69, 9.17) is 10.8 Å². The molecule has 2 unspecified atom stereocenters. The minimum Gasteiger partial charge on any atom is -0.481 e. The van der Waals surface area contributed by atoms with Crippen LogP contribution in [0.15, 0.2) is 0 Å². The van der Waals surface area contributed by atoms with Gasteiger partial charge in [-0.15, -0.1) is 0 Å². The van der Waals surface area contributed by atoms with Gasteiger partial charge >= 0.3 is 5.97 Å². The molecule has 2 atom stereocenters. The smallest absolute Gasteiger partial charge is 0.303 e. The minimum atomic E-state index is -3.34. The van der Waals surface area contributed by atoms with Crippen molar-refractivity contribution >= 4 is 16.0 Å². The second-order valence-corrected chi connectivity index (χ2v) is 6.60. The lowest BCUT2D eigenvalue weighted by Gasteiger charge is -2.35. The second-order valence-electron chi connectivity index (χ2n) is 4.56. The Labute approximate surface area is 102 Å². The average molecular weight is 264 g/mol. The molecule has 1 aliphatic rings. The zero-order valence-corrected chi connectivity index (χ0v) is 10.8. The van der Waals surface area contributed by atoms with E-state index in [1.807, 2.05) is 6.92 Å². The number of aliphatic carboxylic acids is 1. The summed E-state index contributed by atoms with van der Waals surface area (Å²) >= 11 is 0. The number of nitrogens with zero attached hydrogens (tertiary/aromatic N) is 1. The number of nitrogens with two attached hydrogens (primary N) is 1. The molecule has 0 aromatic carbocycles. The predicted octanol–water partition coefficient (Wildman–Crippen LogP) is -0.00740. The number of carboxylic acid groups (broad SMARTS) is 1. The van der Waals surface area contributed by atoms with Gasteiger partial charge < -0.3 is 10.8 Å². The fourth-order valence-electron chi connectivity index (χ4n) is 2.12. The zero-order valence-electron chi connectivity index (χ0n) is 10.0. The van der Waals surface area contributed by atoms with Crippen LogP contribution >= 0.6 is 0 Å². The molecule has 0 aromatic rings. The number of hydrogen-bond acceptors (Lipinski definition) is 4. The first kappa shape index (κ1) is 14.4. The van der Waals surface area contributed by atoms with Gasteiger partial charge in [-0.2, -0.15) is 4.31 Å². The van der Waals surface area contributed by atoms with Gasteiger partial charge in [-0.05, 0) is 26.2 Å². The Morgan fingerprint density at radius 2 is 2.18 bits per heavy atom. The molecule has 0 bridgehead atoms. The van der Waals surface area contributed by atoms with Crippen molar-refractivity contribution < 1.29 is 18.3 Å². The molecule has 6 nitrogen and oxygen atoms in total. The SMILES string of the molecule is CC1CC(N)CCN1S(=O)(=O)CCCC(=O)O. The van der Waals surface area contributed by atoms with E-state index >= 15 is 0 Å². The van der Waals surface area contributed by atoms with Crippen molar-refractivity contribution in [1.82, 2.24) is 4.31 Å². The molecule has 100 valence electrons. The van der Waals surface area contributed by atoms with Crippen molar-refractivity contribution in [2.75, 3.05) is 12.3 Å². The van der Waals surface area contributed by atoms with Crippen molar-refractivity contribution in [3.8, 4) is 0 Å². The molecule has 0 saturated carbocycles. The lowest BCUT2D eigenvalue weighted by atomic mass is 10.0. The summed E-state index contributed by atoms with van der Waals surface area (Å²) in [7, 11) is -3.34. The molecule has 7 heteroatoms. The Bertz CT molecular complexity index is 369. The minimum absolute atomic E-state index is 0.0652. The Hall–Kier alpha value is -0.660. The van der Waals surface area contributed by atoms with Gasteiger partial charge in [0.1, 0.15) is 0 Å². The second kappa shape index (κ2) is 5.79. The molecule has 1 rings (SSSR count). The Morgan fingerprint density at radius 3 is 2.71 bits per heavy atom. The topological polar surface area (TPSA) is 101 Å². The fraction of sp³-hybridized carbons (Fsp3) is 0.900. The van der Waals surface area contributed by atoms with E-state index in [0.29, 0.717) is 19.4 Å². The summed E-state index contributed by atoms with van der Waals surface area (Å²) in [4.78, 5) is 10.3. The van der Waals surface area contributed by atoms with Gasteiger partial charge in [0.05, 0.1) is 5.75 Å². The van der Waals surface area contributed by atoms with Crippen LogP contribution in [0.5, 0.6) is 0 Å². The molecule has 1 saturated heterocycles. The maximum Gasteiger partial charge on any atom is 0.303 e. The van der Waals surface area contributed by atoms with Crippen molar-refractivity contribution in [1.29, 1.82) is 0 Å². The molecule has 0 amide bonds. The summed E-state index contributed by atoms with van der Waals surface area (Å²) in [6, 6.07) is -0.0240. The van der Waals surface area contributed by atoms with Gasteiger partial charge in [0.25, 0.3) is 0 Å². The molecule has 1 heterocycles. The first-order valence-electron chi connectivity index (χ1n) is 5.80. The van der Waals surface area contributed by atoms with E-state index in [2.05, 4.69) is 0 Å². The highest BCUT2D eigenvalue weighted by Crippen LogP contribution is 2.20. The van der Waals surface area contributed by atoms with Crippen LogP contribution < -0.4 is 5.73 Å². The van der Waals surface area contributed by atoms with E-state index in [-0.39, 0.29) is 30.7 Å². The summed E-state index contributed by atoms with van der Waals surface area (Å²) in [6.45, 7) is 2.28. The lowest BCUT2D eigenvalue weighted by Crippen LogP contribution is -2.48. The van der Waals surface area contributed by atoms with Crippen molar-refractivity contribution in [3.05, 3.63) is 0 Å². The quantitative estimate of drug-likeness (QED) is 0.727. The first-order valence-corrected chi connectivity index (χ1v) is 7.40. The van der Waals surface area contributed by atoms with E-state index in [9.17, 15) is 13.2 Å². The molecular formula is C10H20N2O4S. The van der Waals surface area contributed by atoms with E-state index in [0.717, 1.165) is 0 Å². The van der Waals surface area contributed by atoms with Gasteiger partial charge in [0, 0.05) is 25.0 Å². The standard InChI is InChI=1S/C10H20N2O4S/c1-8-7-9(11)4-5-12(8)17(15,16)6-2-3-10(13)14/h8-9H,2-7,11H2,1H3,(H,13,14). The summed E-state index contributed by atoms with van der Waals surface area (Å²) in [6.07, 6.45) is 1.38. The number of carboxylic acids is 1. The van der Waals surface area contributed by atoms with Gasteiger partial charge in [-0.25, -0.2) is 8.42 Å². The first-order chi connectivity index (χ1) is 7.83. The number of sulfonamides is 1. The van der Waals surface area contributed by atoms with Crippen LogP contribution in [0.2, 0.25) is 0 Å².